The van der Waals surface area contributed by atoms with Crippen LogP contribution in [0.25, 0.3) is 0 Å². The van der Waals surface area contributed by atoms with E-state index in [1.54, 1.807) is 6.21 Å². The van der Waals surface area contributed by atoms with Gasteiger partial charge in [-0.25, -0.2) is 5.43 Å². The van der Waals surface area contributed by atoms with Crippen LogP contribution >= 0.6 is 0 Å². The fourth-order valence-corrected chi connectivity index (χ4v) is 1.92. The highest BCUT2D eigenvalue weighted by atomic mass is 16.2. The highest BCUT2D eigenvalue weighted by molar-refractivity contribution is 5.83. The second kappa shape index (κ2) is 6.74. The van der Waals surface area contributed by atoms with Crippen molar-refractivity contribution in [3.63, 3.8) is 0 Å². The van der Waals surface area contributed by atoms with Gasteiger partial charge in [0, 0.05) is 38.7 Å². The quantitative estimate of drug-likeness (QED) is 0.672. The number of hydrogen-bond donors (Lipinski definition) is 1. The van der Waals surface area contributed by atoms with Gasteiger partial charge in [0.15, 0.2) is 0 Å². The van der Waals surface area contributed by atoms with Crippen molar-refractivity contribution in [1.29, 1.82) is 0 Å². The zero-order valence-corrected chi connectivity index (χ0v) is 12.6. The average molecular weight is 284 g/mol. The number of anilines is 1. The van der Waals surface area contributed by atoms with Crippen molar-refractivity contribution in [1.82, 2.24) is 9.99 Å². The largest absolute Gasteiger partial charge is 0.378 e. The first-order valence-corrected chi connectivity index (χ1v) is 6.76. The van der Waals surface area contributed by atoms with Crippen LogP contribution in [-0.2, 0) is 18.3 Å². The number of rotatable bonds is 5. The van der Waals surface area contributed by atoms with E-state index in [1.165, 1.54) is 0 Å². The maximum Gasteiger partial charge on any atom is 0.245 e. The lowest BCUT2D eigenvalue weighted by Crippen LogP contribution is -2.20. The van der Waals surface area contributed by atoms with Crippen LogP contribution < -0.4 is 10.3 Å². The van der Waals surface area contributed by atoms with Crippen molar-refractivity contribution < 1.29 is 4.79 Å². The summed E-state index contributed by atoms with van der Waals surface area (Å²) in [6.07, 6.45) is 3.88. The highest BCUT2D eigenvalue weighted by Gasteiger charge is 2.04. The number of aromatic nitrogens is 1. The zero-order chi connectivity index (χ0) is 15.2. The van der Waals surface area contributed by atoms with Crippen molar-refractivity contribution in [2.45, 2.75) is 6.42 Å². The third-order valence-electron chi connectivity index (χ3n) is 3.21. The van der Waals surface area contributed by atoms with Crippen LogP contribution in [-0.4, -0.2) is 30.8 Å². The molecule has 1 amide bonds. The molecule has 21 heavy (non-hydrogen) atoms. The molecule has 0 fully saturated rings. The predicted molar refractivity (Wildman–Crippen MR) is 85.6 cm³/mol. The summed E-state index contributed by atoms with van der Waals surface area (Å²) in [7, 11) is 5.90. The molecule has 0 aliphatic rings. The van der Waals surface area contributed by atoms with Gasteiger partial charge in [0.05, 0.1) is 12.6 Å². The molecule has 0 unspecified atom stereocenters. The summed E-state index contributed by atoms with van der Waals surface area (Å²) in [5.74, 6) is -0.127. The Bertz CT molecular complexity index is 626. The highest BCUT2D eigenvalue weighted by Crippen LogP contribution is 2.10. The molecule has 2 aromatic rings. The lowest BCUT2D eigenvalue weighted by atomic mass is 10.2. The number of aryl methyl sites for hydroxylation is 1. The number of nitrogens with zero attached hydrogens (tertiary/aromatic N) is 3. The van der Waals surface area contributed by atoms with Crippen molar-refractivity contribution in [3.8, 4) is 0 Å². The molecule has 1 aromatic carbocycles. The predicted octanol–water partition coefficient (Wildman–Crippen LogP) is 1.78. The second-order valence-corrected chi connectivity index (χ2v) is 5.07. The minimum atomic E-state index is -0.127. The molecule has 0 spiro atoms. The Labute approximate surface area is 124 Å². The van der Waals surface area contributed by atoms with E-state index in [0.717, 1.165) is 16.9 Å². The molecule has 110 valence electrons. The van der Waals surface area contributed by atoms with E-state index in [2.05, 4.69) is 10.5 Å². The van der Waals surface area contributed by atoms with Gasteiger partial charge in [0.25, 0.3) is 0 Å². The lowest BCUT2D eigenvalue weighted by molar-refractivity contribution is -0.120. The van der Waals surface area contributed by atoms with Gasteiger partial charge in [0.1, 0.15) is 0 Å². The average Bonchev–Trinajstić information content (AvgIpc) is 2.85. The molecule has 5 nitrogen and oxygen atoms in total. The van der Waals surface area contributed by atoms with Crippen LogP contribution in [0.15, 0.2) is 47.7 Å². The van der Waals surface area contributed by atoms with E-state index in [0.29, 0.717) is 6.42 Å². The number of carbonyl (C=O) groups is 1. The minimum absolute atomic E-state index is 0.127. The molecule has 0 saturated heterocycles. The molecule has 5 heteroatoms. The Morgan fingerprint density at radius 1 is 1.29 bits per heavy atom. The van der Waals surface area contributed by atoms with E-state index in [4.69, 9.17) is 0 Å². The molecule has 1 heterocycles. The summed E-state index contributed by atoms with van der Waals surface area (Å²) in [6, 6.07) is 11.8. The van der Waals surface area contributed by atoms with Crippen molar-refractivity contribution in [2.24, 2.45) is 12.1 Å². The third kappa shape index (κ3) is 4.21. The third-order valence-corrected chi connectivity index (χ3v) is 3.21. The van der Waals surface area contributed by atoms with E-state index in [-0.39, 0.29) is 5.91 Å². The fraction of sp³-hybridized carbons (Fsp3) is 0.250. The maximum absolute atomic E-state index is 11.8. The Kier molecular flexibility index (Phi) is 4.77. The van der Waals surface area contributed by atoms with Gasteiger partial charge in [-0.1, -0.05) is 12.1 Å². The van der Waals surface area contributed by atoms with Crippen molar-refractivity contribution in [2.75, 3.05) is 19.0 Å². The summed E-state index contributed by atoms with van der Waals surface area (Å²) in [5, 5.41) is 3.98. The van der Waals surface area contributed by atoms with E-state index in [9.17, 15) is 4.79 Å². The van der Waals surface area contributed by atoms with Gasteiger partial charge in [-0.15, -0.1) is 0 Å². The van der Waals surface area contributed by atoms with Gasteiger partial charge in [-0.2, -0.15) is 5.10 Å². The molecular weight excluding hydrogens is 264 g/mol. The molecule has 0 radical (unpaired) electrons. The molecule has 1 N–H and O–H groups in total. The van der Waals surface area contributed by atoms with Gasteiger partial charge < -0.3 is 9.47 Å². The minimum Gasteiger partial charge on any atom is -0.378 e. The Balaban J connectivity index is 1.87. The number of hydrogen-bond acceptors (Lipinski definition) is 3. The Morgan fingerprint density at radius 2 is 2.00 bits per heavy atom. The van der Waals surface area contributed by atoms with E-state index >= 15 is 0 Å². The molecular formula is C16H20N4O. The van der Waals surface area contributed by atoms with Gasteiger partial charge >= 0.3 is 0 Å². The van der Waals surface area contributed by atoms with E-state index < -0.39 is 0 Å². The molecule has 0 atom stereocenters. The number of carbonyl (C=O) groups excluding carboxylic acids is 1. The monoisotopic (exact) mass is 284 g/mol. The van der Waals surface area contributed by atoms with Crippen LogP contribution in [0.1, 0.15) is 11.3 Å². The van der Waals surface area contributed by atoms with Crippen LogP contribution in [0.3, 0.4) is 0 Å². The van der Waals surface area contributed by atoms with E-state index in [1.807, 2.05) is 73.2 Å². The topological polar surface area (TPSA) is 49.6 Å². The normalized spacial score (nSPS) is 10.8. The Hall–Kier alpha value is -2.56. The van der Waals surface area contributed by atoms with Crippen LogP contribution in [0.2, 0.25) is 0 Å². The van der Waals surface area contributed by atoms with Crippen molar-refractivity contribution >= 4 is 17.8 Å². The summed E-state index contributed by atoms with van der Waals surface area (Å²) < 4.78 is 1.92. The standard InChI is InChI=1S/C16H20N4O/c1-19(2)14-8-6-13(7-9-14)12-17-18-16(21)11-15-5-4-10-20(15)3/h4-10,12H,11H2,1-3H3,(H,18,21)/b17-12+. The number of nitrogens with one attached hydrogen (secondary N) is 1. The zero-order valence-electron chi connectivity index (χ0n) is 12.6. The van der Waals surface area contributed by atoms with Gasteiger partial charge in [-0.05, 0) is 29.8 Å². The molecule has 2 rings (SSSR count). The first kappa shape index (κ1) is 14.8. The molecule has 0 aliphatic carbocycles. The first-order chi connectivity index (χ1) is 10.1. The SMILES string of the molecule is CN(C)c1ccc(/C=N/NC(=O)Cc2cccn2C)cc1. The molecule has 0 saturated carbocycles. The molecule has 1 aromatic heterocycles. The number of amides is 1. The smallest absolute Gasteiger partial charge is 0.245 e. The van der Waals surface area contributed by atoms with Crippen LogP contribution in [0.5, 0.6) is 0 Å². The Morgan fingerprint density at radius 3 is 2.57 bits per heavy atom. The van der Waals surface area contributed by atoms with Gasteiger partial charge in [0.2, 0.25) is 5.91 Å². The molecule has 0 aliphatic heterocycles. The van der Waals surface area contributed by atoms with Crippen LogP contribution in [0.4, 0.5) is 5.69 Å². The second-order valence-electron chi connectivity index (χ2n) is 5.07. The summed E-state index contributed by atoms with van der Waals surface area (Å²) >= 11 is 0. The number of benzene rings is 1. The first-order valence-electron chi connectivity index (χ1n) is 6.76. The lowest BCUT2D eigenvalue weighted by Gasteiger charge is -2.11. The van der Waals surface area contributed by atoms with Crippen LogP contribution in [0, 0.1) is 0 Å². The summed E-state index contributed by atoms with van der Waals surface area (Å²) in [4.78, 5) is 13.8. The fourth-order valence-electron chi connectivity index (χ4n) is 1.92. The maximum atomic E-state index is 11.8. The number of hydrazone groups is 1. The van der Waals surface area contributed by atoms with Crippen molar-refractivity contribution in [3.05, 3.63) is 53.9 Å². The summed E-state index contributed by atoms with van der Waals surface area (Å²) in [5.41, 5.74) is 5.57. The van der Waals surface area contributed by atoms with Gasteiger partial charge in [-0.3, -0.25) is 4.79 Å². The molecule has 0 bridgehead atoms. The summed E-state index contributed by atoms with van der Waals surface area (Å²) in [6.45, 7) is 0.